The van der Waals surface area contributed by atoms with Crippen LogP contribution in [0.5, 0.6) is 11.5 Å². The summed E-state index contributed by atoms with van der Waals surface area (Å²) in [5, 5.41) is 23.3. The number of thiophene rings is 1. The summed E-state index contributed by atoms with van der Waals surface area (Å²) in [6, 6.07) is 6.27. The molecule has 0 saturated carbocycles. The Bertz CT molecular complexity index is 707. The van der Waals surface area contributed by atoms with Crippen molar-refractivity contribution in [3.63, 3.8) is 0 Å². The summed E-state index contributed by atoms with van der Waals surface area (Å²) in [6.07, 6.45) is 3.11. The Balaban J connectivity index is 1.88. The molecule has 110 valence electrons. The van der Waals surface area contributed by atoms with Crippen LogP contribution in [0.25, 0.3) is 0 Å². The Hall–Kier alpha value is -1.52. The van der Waals surface area contributed by atoms with E-state index in [-0.39, 0.29) is 11.5 Å². The quantitative estimate of drug-likeness (QED) is 0.709. The number of fused-ring (bicyclic) bond motifs is 5. The minimum absolute atomic E-state index is 0.00313. The lowest BCUT2D eigenvalue weighted by molar-refractivity contribution is 0.383. The average molecular weight is 301 g/mol. The van der Waals surface area contributed by atoms with Crippen LogP contribution in [-0.4, -0.2) is 16.3 Å². The van der Waals surface area contributed by atoms with E-state index in [0.717, 1.165) is 25.8 Å². The van der Waals surface area contributed by atoms with Gasteiger partial charge in [0.15, 0.2) is 11.5 Å². The number of rotatable bonds is 1. The van der Waals surface area contributed by atoms with Gasteiger partial charge in [0.2, 0.25) is 0 Å². The molecule has 1 aliphatic heterocycles. The van der Waals surface area contributed by atoms with E-state index >= 15 is 0 Å². The Morgan fingerprint density at radius 2 is 2.00 bits per heavy atom. The van der Waals surface area contributed by atoms with E-state index in [0.29, 0.717) is 12.0 Å². The zero-order valence-electron chi connectivity index (χ0n) is 12.0. The highest BCUT2D eigenvalue weighted by atomic mass is 32.1. The summed E-state index contributed by atoms with van der Waals surface area (Å²) in [5.74, 6) is 0.305. The molecule has 1 aliphatic carbocycles. The Morgan fingerprint density at radius 1 is 1.19 bits per heavy atom. The first-order chi connectivity index (χ1) is 10.2. The van der Waals surface area contributed by atoms with Gasteiger partial charge in [-0.3, -0.25) is 0 Å². The first-order valence-corrected chi connectivity index (χ1v) is 8.38. The maximum Gasteiger partial charge on any atom is 0.157 e. The molecule has 0 radical (unpaired) electrons. The van der Waals surface area contributed by atoms with Crippen LogP contribution in [0.1, 0.15) is 45.7 Å². The van der Waals surface area contributed by atoms with Crippen LogP contribution < -0.4 is 5.32 Å². The van der Waals surface area contributed by atoms with Crippen LogP contribution >= 0.6 is 11.3 Å². The van der Waals surface area contributed by atoms with Crippen molar-refractivity contribution in [3.8, 4) is 11.5 Å². The first-order valence-electron chi connectivity index (χ1n) is 7.57. The monoisotopic (exact) mass is 301 g/mol. The van der Waals surface area contributed by atoms with Crippen molar-refractivity contribution in [2.75, 3.05) is 0 Å². The number of aryl methyl sites for hydroxylation is 2. The largest absolute Gasteiger partial charge is 0.504 e. The fourth-order valence-electron chi connectivity index (χ4n) is 3.70. The zero-order chi connectivity index (χ0) is 14.6. The van der Waals surface area contributed by atoms with E-state index in [2.05, 4.69) is 18.3 Å². The molecule has 3 nitrogen and oxygen atoms in total. The Morgan fingerprint density at radius 3 is 2.81 bits per heavy atom. The second-order valence-electron chi connectivity index (χ2n) is 6.00. The van der Waals surface area contributed by atoms with E-state index in [9.17, 15) is 10.2 Å². The SMILES string of the molecule is CCc1cc2c(s1)C1c3cc(O)c(O)cc3CCC1NC2. The van der Waals surface area contributed by atoms with Gasteiger partial charge in [0.05, 0.1) is 0 Å². The third kappa shape index (κ3) is 1.97. The second kappa shape index (κ2) is 4.75. The number of phenols is 2. The molecular formula is C17H19NO2S. The fourth-order valence-corrected chi connectivity index (χ4v) is 5.01. The molecule has 0 saturated heterocycles. The van der Waals surface area contributed by atoms with Crippen molar-refractivity contribution in [2.45, 2.75) is 44.7 Å². The molecule has 2 aliphatic rings. The Kier molecular flexibility index (Phi) is 2.98. The molecule has 0 fully saturated rings. The summed E-state index contributed by atoms with van der Waals surface area (Å²) >= 11 is 1.91. The van der Waals surface area contributed by atoms with E-state index in [1.54, 1.807) is 12.1 Å². The molecule has 0 spiro atoms. The predicted molar refractivity (Wildman–Crippen MR) is 84.3 cm³/mol. The molecule has 3 N–H and O–H groups in total. The minimum atomic E-state index is -0.00575. The van der Waals surface area contributed by atoms with Gasteiger partial charge in [-0.25, -0.2) is 0 Å². The molecule has 1 aromatic heterocycles. The molecule has 21 heavy (non-hydrogen) atoms. The highest BCUT2D eigenvalue weighted by Crippen LogP contribution is 2.46. The van der Waals surface area contributed by atoms with Crippen LogP contribution in [0.3, 0.4) is 0 Å². The van der Waals surface area contributed by atoms with Crippen molar-refractivity contribution in [1.82, 2.24) is 5.32 Å². The maximum atomic E-state index is 9.90. The predicted octanol–water partition coefficient (Wildman–Crippen LogP) is 3.27. The lowest BCUT2D eigenvalue weighted by Crippen LogP contribution is -2.41. The summed E-state index contributed by atoms with van der Waals surface area (Å²) in [4.78, 5) is 2.87. The van der Waals surface area contributed by atoms with Crippen molar-refractivity contribution < 1.29 is 10.2 Å². The fraction of sp³-hybridized carbons (Fsp3) is 0.412. The van der Waals surface area contributed by atoms with E-state index in [1.165, 1.54) is 26.4 Å². The van der Waals surface area contributed by atoms with E-state index < -0.39 is 0 Å². The standard InChI is InChI=1S/C17H19NO2S/c1-2-11-5-10-8-18-13-4-3-9-6-14(19)15(20)7-12(9)16(13)17(10)21-11/h5-7,13,16,18-20H,2-4,8H2,1H3. The number of nitrogens with one attached hydrogen (secondary N) is 1. The molecule has 2 atom stereocenters. The number of hydrogen-bond acceptors (Lipinski definition) is 4. The molecular weight excluding hydrogens is 282 g/mol. The van der Waals surface area contributed by atoms with Gasteiger partial charge in [-0.05, 0) is 54.2 Å². The molecule has 4 heteroatoms. The summed E-state index contributed by atoms with van der Waals surface area (Å²) in [6.45, 7) is 3.15. The maximum absolute atomic E-state index is 9.90. The van der Waals surface area contributed by atoms with Crippen molar-refractivity contribution in [3.05, 3.63) is 44.6 Å². The summed E-state index contributed by atoms with van der Waals surface area (Å²) in [7, 11) is 0. The molecule has 2 unspecified atom stereocenters. The third-order valence-electron chi connectivity index (χ3n) is 4.78. The molecule has 0 bridgehead atoms. The van der Waals surface area contributed by atoms with Crippen LogP contribution in [-0.2, 0) is 19.4 Å². The number of aromatic hydroxyl groups is 2. The minimum Gasteiger partial charge on any atom is -0.504 e. The molecule has 2 aromatic rings. The third-order valence-corrected chi connectivity index (χ3v) is 6.18. The van der Waals surface area contributed by atoms with Crippen LogP contribution in [0.2, 0.25) is 0 Å². The van der Waals surface area contributed by atoms with Gasteiger partial charge < -0.3 is 15.5 Å². The van der Waals surface area contributed by atoms with Crippen molar-refractivity contribution in [2.24, 2.45) is 0 Å². The van der Waals surface area contributed by atoms with Gasteiger partial charge >= 0.3 is 0 Å². The second-order valence-corrected chi connectivity index (χ2v) is 7.17. The first kappa shape index (κ1) is 13.2. The highest BCUT2D eigenvalue weighted by molar-refractivity contribution is 7.12. The topological polar surface area (TPSA) is 52.5 Å². The molecule has 1 aromatic carbocycles. The smallest absolute Gasteiger partial charge is 0.157 e. The lowest BCUT2D eigenvalue weighted by atomic mass is 9.75. The van der Waals surface area contributed by atoms with Crippen LogP contribution in [0, 0.1) is 0 Å². The average Bonchev–Trinajstić information content (AvgIpc) is 2.91. The number of benzene rings is 1. The van der Waals surface area contributed by atoms with Gasteiger partial charge in [0, 0.05) is 28.3 Å². The van der Waals surface area contributed by atoms with Crippen LogP contribution in [0.15, 0.2) is 18.2 Å². The lowest BCUT2D eigenvalue weighted by Gasteiger charge is -2.38. The van der Waals surface area contributed by atoms with E-state index in [1.807, 2.05) is 11.3 Å². The zero-order valence-corrected chi connectivity index (χ0v) is 12.8. The highest BCUT2D eigenvalue weighted by Gasteiger charge is 2.36. The van der Waals surface area contributed by atoms with Crippen molar-refractivity contribution >= 4 is 11.3 Å². The van der Waals surface area contributed by atoms with Crippen molar-refractivity contribution in [1.29, 1.82) is 0 Å². The van der Waals surface area contributed by atoms with Gasteiger partial charge in [-0.15, -0.1) is 11.3 Å². The normalized spacial score (nSPS) is 23.3. The van der Waals surface area contributed by atoms with Gasteiger partial charge in [0.1, 0.15) is 0 Å². The number of hydrogen-bond donors (Lipinski definition) is 3. The van der Waals surface area contributed by atoms with E-state index in [4.69, 9.17) is 0 Å². The van der Waals surface area contributed by atoms with Crippen LogP contribution in [0.4, 0.5) is 0 Å². The molecule has 2 heterocycles. The summed E-state index contributed by atoms with van der Waals surface area (Å²) in [5.41, 5.74) is 3.76. The Labute approximate surface area is 128 Å². The summed E-state index contributed by atoms with van der Waals surface area (Å²) < 4.78 is 0. The van der Waals surface area contributed by atoms with Gasteiger partial charge in [-0.1, -0.05) is 6.92 Å². The number of phenolic OH excluding ortho intramolecular Hbond substituents is 2. The molecule has 4 rings (SSSR count). The molecule has 0 amide bonds. The van der Waals surface area contributed by atoms with Gasteiger partial charge in [0.25, 0.3) is 0 Å². The van der Waals surface area contributed by atoms with Gasteiger partial charge in [-0.2, -0.15) is 0 Å².